The van der Waals surface area contributed by atoms with E-state index in [0.717, 1.165) is 28.3 Å². The van der Waals surface area contributed by atoms with Gasteiger partial charge in [-0.05, 0) is 78.4 Å². The average Bonchev–Trinajstić information content (AvgIpc) is 3.29. The number of rotatable bonds is 4. The van der Waals surface area contributed by atoms with Gasteiger partial charge >= 0.3 is 0 Å². The van der Waals surface area contributed by atoms with E-state index in [0.29, 0.717) is 10.1 Å². The Labute approximate surface area is 167 Å². The molecule has 0 aliphatic carbocycles. The molecular weight excluding hydrogens is 370 g/mol. The van der Waals surface area contributed by atoms with Crippen LogP contribution >= 0.6 is 11.8 Å². The van der Waals surface area contributed by atoms with Crippen molar-refractivity contribution in [1.29, 1.82) is 0 Å². The second kappa shape index (κ2) is 7.78. The summed E-state index contributed by atoms with van der Waals surface area (Å²) in [5.74, 6) is 0.686. The molecule has 28 heavy (non-hydrogen) atoms. The Hall–Kier alpha value is -3.25. The second-order valence-electron chi connectivity index (χ2n) is 6.37. The molecule has 1 fully saturated rings. The fraction of sp³-hybridized carbons (Fsp3) is 0.0909. The Bertz CT molecular complexity index is 1080. The highest BCUT2D eigenvalue weighted by Gasteiger charge is 2.23. The number of hydrogen-bond acceptors (Lipinski definition) is 4. The SMILES string of the molecule is COc1ccc(-n2ccc(/C=C3/SC(=Nc4cccc(C)c4)NC3=O)c2)cc1. The topological polar surface area (TPSA) is 55.6 Å². The summed E-state index contributed by atoms with van der Waals surface area (Å²) >= 11 is 1.35. The van der Waals surface area contributed by atoms with Gasteiger partial charge in [0.2, 0.25) is 0 Å². The molecule has 2 heterocycles. The number of ether oxygens (including phenoxy) is 1. The molecule has 3 aromatic rings. The molecule has 0 unspecified atom stereocenters. The quantitative estimate of drug-likeness (QED) is 0.659. The highest BCUT2D eigenvalue weighted by molar-refractivity contribution is 8.18. The minimum absolute atomic E-state index is 0.131. The van der Waals surface area contributed by atoms with Crippen LogP contribution in [0.5, 0.6) is 5.75 Å². The van der Waals surface area contributed by atoms with Gasteiger partial charge in [-0.3, -0.25) is 4.79 Å². The zero-order valence-electron chi connectivity index (χ0n) is 15.5. The Morgan fingerprint density at radius 2 is 1.96 bits per heavy atom. The molecule has 0 radical (unpaired) electrons. The van der Waals surface area contributed by atoms with Crippen molar-refractivity contribution in [2.24, 2.45) is 4.99 Å². The molecule has 0 bridgehead atoms. The first-order chi connectivity index (χ1) is 13.6. The van der Waals surface area contributed by atoms with Gasteiger partial charge in [0.05, 0.1) is 17.7 Å². The largest absolute Gasteiger partial charge is 0.497 e. The molecule has 1 N–H and O–H groups in total. The third kappa shape index (κ3) is 4.02. The number of carbonyl (C=O) groups is 1. The van der Waals surface area contributed by atoms with E-state index in [2.05, 4.69) is 10.3 Å². The van der Waals surface area contributed by atoms with Crippen LogP contribution in [0.3, 0.4) is 0 Å². The summed E-state index contributed by atoms with van der Waals surface area (Å²) in [4.78, 5) is 17.4. The van der Waals surface area contributed by atoms with Crippen molar-refractivity contribution in [3.8, 4) is 11.4 Å². The average molecular weight is 389 g/mol. The van der Waals surface area contributed by atoms with Crippen molar-refractivity contribution in [3.05, 3.63) is 83.0 Å². The van der Waals surface area contributed by atoms with E-state index in [4.69, 9.17) is 4.74 Å². The number of aromatic nitrogens is 1. The summed E-state index contributed by atoms with van der Waals surface area (Å²) in [6.45, 7) is 2.02. The van der Waals surface area contributed by atoms with Gasteiger partial charge in [-0.15, -0.1) is 0 Å². The fourth-order valence-corrected chi connectivity index (χ4v) is 3.70. The summed E-state index contributed by atoms with van der Waals surface area (Å²) in [6, 6.07) is 17.7. The molecule has 0 atom stereocenters. The summed E-state index contributed by atoms with van der Waals surface area (Å²) in [5, 5.41) is 3.42. The standard InChI is InChI=1S/C22H19N3O2S/c1-15-4-3-5-17(12-15)23-22-24-21(26)20(28-22)13-16-10-11-25(14-16)18-6-8-19(27-2)9-7-18/h3-14H,1-2H3,(H,23,24,26)/b20-13+. The number of aryl methyl sites for hydroxylation is 1. The van der Waals surface area contributed by atoms with Gasteiger partial charge in [-0.1, -0.05) is 12.1 Å². The first-order valence-electron chi connectivity index (χ1n) is 8.79. The van der Waals surface area contributed by atoms with Gasteiger partial charge in [0.1, 0.15) is 5.75 Å². The lowest BCUT2D eigenvalue weighted by atomic mass is 10.2. The molecule has 140 valence electrons. The number of amides is 1. The van der Waals surface area contributed by atoms with Gasteiger partial charge in [0, 0.05) is 18.1 Å². The third-order valence-corrected chi connectivity index (χ3v) is 5.18. The molecule has 5 nitrogen and oxygen atoms in total. The summed E-state index contributed by atoms with van der Waals surface area (Å²) in [5.41, 5.74) is 3.93. The van der Waals surface area contributed by atoms with Crippen LogP contribution in [0.2, 0.25) is 0 Å². The van der Waals surface area contributed by atoms with E-state index in [9.17, 15) is 4.79 Å². The van der Waals surface area contributed by atoms with Gasteiger partial charge in [0.25, 0.3) is 5.91 Å². The maximum Gasteiger partial charge on any atom is 0.264 e. The molecule has 1 aromatic heterocycles. The third-order valence-electron chi connectivity index (χ3n) is 4.27. The number of benzene rings is 2. The Morgan fingerprint density at radius 3 is 2.71 bits per heavy atom. The van der Waals surface area contributed by atoms with Crippen LogP contribution in [0.25, 0.3) is 11.8 Å². The maximum atomic E-state index is 12.3. The van der Waals surface area contributed by atoms with Crippen molar-refractivity contribution in [2.45, 2.75) is 6.92 Å². The molecule has 2 aromatic carbocycles. The number of nitrogens with one attached hydrogen (secondary N) is 1. The molecule has 4 rings (SSSR count). The first kappa shape index (κ1) is 18.1. The first-order valence-corrected chi connectivity index (χ1v) is 9.61. The van der Waals surface area contributed by atoms with Crippen molar-refractivity contribution in [3.63, 3.8) is 0 Å². The number of nitrogens with zero attached hydrogens (tertiary/aromatic N) is 2. The molecule has 1 aliphatic heterocycles. The predicted octanol–water partition coefficient (Wildman–Crippen LogP) is 4.69. The molecule has 1 saturated heterocycles. The number of thioether (sulfide) groups is 1. The van der Waals surface area contributed by atoms with E-state index in [1.165, 1.54) is 11.8 Å². The molecule has 6 heteroatoms. The van der Waals surface area contributed by atoms with Gasteiger partial charge in [-0.25, -0.2) is 4.99 Å². The van der Waals surface area contributed by atoms with Crippen molar-refractivity contribution >= 4 is 34.6 Å². The van der Waals surface area contributed by atoms with Crippen LogP contribution in [-0.4, -0.2) is 22.8 Å². The van der Waals surface area contributed by atoms with Gasteiger partial charge in [-0.2, -0.15) is 0 Å². The van der Waals surface area contributed by atoms with E-state index < -0.39 is 0 Å². The molecule has 1 aliphatic rings. The van der Waals surface area contributed by atoms with Crippen LogP contribution in [0.1, 0.15) is 11.1 Å². The maximum absolute atomic E-state index is 12.3. The highest BCUT2D eigenvalue weighted by atomic mass is 32.2. The highest BCUT2D eigenvalue weighted by Crippen LogP contribution is 2.28. The minimum atomic E-state index is -0.131. The smallest absolute Gasteiger partial charge is 0.264 e. The van der Waals surface area contributed by atoms with E-state index in [-0.39, 0.29) is 5.91 Å². The lowest BCUT2D eigenvalue weighted by Crippen LogP contribution is -2.19. The number of methoxy groups -OCH3 is 1. The van der Waals surface area contributed by atoms with Crippen molar-refractivity contribution in [2.75, 3.05) is 7.11 Å². The van der Waals surface area contributed by atoms with Gasteiger partial charge in [0.15, 0.2) is 5.17 Å². The van der Waals surface area contributed by atoms with Crippen LogP contribution in [0.4, 0.5) is 5.69 Å². The number of amidine groups is 1. The number of aliphatic imine (C=N–C) groups is 1. The van der Waals surface area contributed by atoms with E-state index in [1.807, 2.05) is 84.6 Å². The van der Waals surface area contributed by atoms with Gasteiger partial charge < -0.3 is 14.6 Å². The minimum Gasteiger partial charge on any atom is -0.497 e. The zero-order valence-corrected chi connectivity index (χ0v) is 16.4. The summed E-state index contributed by atoms with van der Waals surface area (Å²) in [6.07, 6.45) is 5.82. The monoisotopic (exact) mass is 389 g/mol. The Morgan fingerprint density at radius 1 is 1.14 bits per heavy atom. The molecular formula is C22H19N3O2S. The van der Waals surface area contributed by atoms with E-state index >= 15 is 0 Å². The zero-order chi connectivity index (χ0) is 19.5. The van der Waals surface area contributed by atoms with E-state index in [1.54, 1.807) is 7.11 Å². The molecule has 0 spiro atoms. The Balaban J connectivity index is 1.53. The van der Waals surface area contributed by atoms with Crippen LogP contribution in [-0.2, 0) is 4.79 Å². The molecule has 1 amide bonds. The van der Waals surface area contributed by atoms with Crippen molar-refractivity contribution in [1.82, 2.24) is 9.88 Å². The predicted molar refractivity (Wildman–Crippen MR) is 114 cm³/mol. The number of carbonyl (C=O) groups excluding carboxylic acids is 1. The lowest BCUT2D eigenvalue weighted by Gasteiger charge is -2.04. The van der Waals surface area contributed by atoms with Crippen LogP contribution in [0, 0.1) is 6.92 Å². The normalized spacial score (nSPS) is 16.6. The Kier molecular flexibility index (Phi) is 5.04. The molecule has 0 saturated carbocycles. The lowest BCUT2D eigenvalue weighted by molar-refractivity contribution is -0.115. The number of hydrogen-bond donors (Lipinski definition) is 1. The van der Waals surface area contributed by atoms with Crippen LogP contribution in [0.15, 0.2) is 76.9 Å². The fourth-order valence-electron chi connectivity index (χ4n) is 2.86. The van der Waals surface area contributed by atoms with Crippen molar-refractivity contribution < 1.29 is 9.53 Å². The summed E-state index contributed by atoms with van der Waals surface area (Å²) < 4.78 is 7.20. The second-order valence-corrected chi connectivity index (χ2v) is 7.40. The summed E-state index contributed by atoms with van der Waals surface area (Å²) in [7, 11) is 1.65. The van der Waals surface area contributed by atoms with Crippen LogP contribution < -0.4 is 10.1 Å².